The van der Waals surface area contributed by atoms with Crippen molar-refractivity contribution in [1.82, 2.24) is 9.88 Å². The van der Waals surface area contributed by atoms with Crippen LogP contribution in [0.4, 0.5) is 0 Å². The first-order chi connectivity index (χ1) is 14.5. The number of hydrogen-bond acceptors (Lipinski definition) is 5. The van der Waals surface area contributed by atoms with Gasteiger partial charge in [-0.25, -0.2) is 4.79 Å². The molecular formula is C24H30N2O4. The molecule has 2 aromatic rings. The minimum atomic E-state index is -0.973. The molecule has 0 unspecified atom stereocenters. The van der Waals surface area contributed by atoms with Crippen LogP contribution in [0.2, 0.25) is 0 Å². The van der Waals surface area contributed by atoms with Gasteiger partial charge in [0.2, 0.25) is 0 Å². The lowest BCUT2D eigenvalue weighted by atomic mass is 9.66. The second-order valence-corrected chi connectivity index (χ2v) is 8.60. The molecule has 1 saturated heterocycles. The van der Waals surface area contributed by atoms with E-state index in [0.717, 1.165) is 44.3 Å². The SMILES string of the molecule is CCOC(=O)c1cn(C[C@]2(O)CCNCC23CCCC3)c(=O)cc1-c1ccccc1. The summed E-state index contributed by atoms with van der Waals surface area (Å²) in [6.07, 6.45) is 6.27. The van der Waals surface area contributed by atoms with Crippen LogP contribution in [-0.2, 0) is 11.3 Å². The van der Waals surface area contributed by atoms with Crippen LogP contribution in [0.15, 0.2) is 47.4 Å². The van der Waals surface area contributed by atoms with Crippen molar-refractivity contribution in [2.45, 2.75) is 51.2 Å². The van der Waals surface area contributed by atoms with Gasteiger partial charge in [-0.1, -0.05) is 43.2 Å². The van der Waals surface area contributed by atoms with Crippen molar-refractivity contribution in [1.29, 1.82) is 0 Å². The number of nitrogens with one attached hydrogen (secondary N) is 1. The van der Waals surface area contributed by atoms with E-state index >= 15 is 0 Å². The Morgan fingerprint density at radius 1 is 1.20 bits per heavy atom. The molecule has 1 aromatic heterocycles. The van der Waals surface area contributed by atoms with Crippen LogP contribution in [0.3, 0.4) is 0 Å². The molecule has 30 heavy (non-hydrogen) atoms. The van der Waals surface area contributed by atoms with Gasteiger partial charge in [-0.05, 0) is 38.3 Å². The summed E-state index contributed by atoms with van der Waals surface area (Å²) < 4.78 is 6.77. The largest absolute Gasteiger partial charge is 0.462 e. The molecule has 0 bridgehead atoms. The average Bonchev–Trinajstić information content (AvgIpc) is 3.23. The molecule has 2 aliphatic rings. The maximum absolute atomic E-state index is 13.0. The summed E-state index contributed by atoms with van der Waals surface area (Å²) in [6, 6.07) is 10.9. The number of piperidine rings is 1. The molecule has 1 aliphatic heterocycles. The number of carbonyl (C=O) groups excluding carboxylic acids is 1. The van der Waals surface area contributed by atoms with Gasteiger partial charge in [0.25, 0.3) is 5.56 Å². The zero-order valence-electron chi connectivity index (χ0n) is 17.5. The lowest BCUT2D eigenvalue weighted by Gasteiger charge is -2.49. The Balaban J connectivity index is 1.76. The van der Waals surface area contributed by atoms with Crippen LogP contribution < -0.4 is 10.9 Å². The van der Waals surface area contributed by atoms with Crippen molar-refractivity contribution in [3.8, 4) is 11.1 Å². The minimum absolute atomic E-state index is 0.189. The standard InChI is InChI=1S/C24H30N2O4/c1-2-30-22(28)20-15-26(21(27)14-19(20)18-8-4-3-5-9-18)17-24(29)12-13-25-16-23(24)10-6-7-11-23/h3-5,8-9,14-15,25,29H,2,6-7,10-13,16-17H2,1H3/t24-/m1/s1. The highest BCUT2D eigenvalue weighted by Gasteiger charge is 2.53. The van der Waals surface area contributed by atoms with Gasteiger partial charge in [-0.3, -0.25) is 4.79 Å². The Kier molecular flexibility index (Phi) is 5.80. The fourth-order valence-corrected chi connectivity index (χ4v) is 5.20. The van der Waals surface area contributed by atoms with Gasteiger partial charge in [0, 0.05) is 29.8 Å². The minimum Gasteiger partial charge on any atom is -0.462 e. The van der Waals surface area contributed by atoms with Gasteiger partial charge in [-0.2, -0.15) is 0 Å². The van der Waals surface area contributed by atoms with Crippen LogP contribution in [0, 0.1) is 5.41 Å². The van der Waals surface area contributed by atoms with Gasteiger partial charge < -0.3 is 19.7 Å². The number of ether oxygens (including phenoxy) is 1. The normalized spacial score (nSPS) is 22.9. The van der Waals surface area contributed by atoms with E-state index in [1.807, 2.05) is 30.3 Å². The van der Waals surface area contributed by atoms with E-state index in [1.165, 1.54) is 10.6 Å². The number of hydrogen-bond donors (Lipinski definition) is 2. The number of aliphatic hydroxyl groups is 1. The Morgan fingerprint density at radius 2 is 1.93 bits per heavy atom. The average molecular weight is 411 g/mol. The van der Waals surface area contributed by atoms with Gasteiger partial charge in [0.15, 0.2) is 0 Å². The van der Waals surface area contributed by atoms with E-state index in [-0.39, 0.29) is 24.1 Å². The zero-order valence-corrected chi connectivity index (χ0v) is 17.5. The number of nitrogens with zero attached hydrogens (tertiary/aromatic N) is 1. The van der Waals surface area contributed by atoms with E-state index in [4.69, 9.17) is 4.74 Å². The number of esters is 1. The van der Waals surface area contributed by atoms with E-state index in [0.29, 0.717) is 17.5 Å². The van der Waals surface area contributed by atoms with Gasteiger partial charge >= 0.3 is 5.97 Å². The number of benzene rings is 1. The molecule has 2 fully saturated rings. The monoisotopic (exact) mass is 410 g/mol. The summed E-state index contributed by atoms with van der Waals surface area (Å²) in [5.74, 6) is -0.460. The first-order valence-electron chi connectivity index (χ1n) is 10.9. The molecule has 1 saturated carbocycles. The predicted octanol–water partition coefficient (Wildman–Crippen LogP) is 2.98. The topological polar surface area (TPSA) is 80.6 Å². The fraction of sp³-hybridized carbons (Fsp3) is 0.500. The van der Waals surface area contributed by atoms with Crippen molar-refractivity contribution >= 4 is 5.97 Å². The third-order valence-electron chi connectivity index (χ3n) is 6.86. The van der Waals surface area contributed by atoms with Crippen molar-refractivity contribution in [2.75, 3.05) is 19.7 Å². The molecule has 1 atom stereocenters. The summed E-state index contributed by atoms with van der Waals surface area (Å²) in [4.78, 5) is 25.8. The number of aromatic nitrogens is 1. The lowest BCUT2D eigenvalue weighted by molar-refractivity contribution is -0.115. The molecule has 6 heteroatoms. The first-order valence-corrected chi connectivity index (χ1v) is 10.9. The Morgan fingerprint density at radius 3 is 2.63 bits per heavy atom. The van der Waals surface area contributed by atoms with Crippen LogP contribution in [-0.4, -0.2) is 40.9 Å². The summed E-state index contributed by atoms with van der Waals surface area (Å²) in [5, 5.41) is 15.1. The van der Waals surface area contributed by atoms with Crippen molar-refractivity contribution in [3.05, 3.63) is 58.5 Å². The maximum Gasteiger partial charge on any atom is 0.340 e. The molecule has 1 aliphatic carbocycles. The Labute approximate surface area is 176 Å². The van der Waals surface area contributed by atoms with Crippen molar-refractivity contribution in [3.63, 3.8) is 0 Å². The molecule has 4 rings (SSSR count). The first kappa shape index (κ1) is 20.8. The summed E-state index contributed by atoms with van der Waals surface area (Å²) in [5.41, 5.74) is 0.287. The molecule has 2 N–H and O–H groups in total. The molecule has 1 aromatic carbocycles. The van der Waals surface area contributed by atoms with Gasteiger partial charge in [-0.15, -0.1) is 0 Å². The molecule has 0 amide bonds. The predicted molar refractivity (Wildman–Crippen MR) is 115 cm³/mol. The van der Waals surface area contributed by atoms with Crippen LogP contribution in [0.1, 0.15) is 49.4 Å². The fourth-order valence-electron chi connectivity index (χ4n) is 5.20. The quantitative estimate of drug-likeness (QED) is 0.741. The highest BCUT2D eigenvalue weighted by molar-refractivity contribution is 5.96. The smallest absolute Gasteiger partial charge is 0.340 e. The van der Waals surface area contributed by atoms with E-state index in [1.54, 1.807) is 13.1 Å². The molecule has 0 radical (unpaired) electrons. The van der Waals surface area contributed by atoms with E-state index < -0.39 is 11.6 Å². The third kappa shape index (κ3) is 3.70. The zero-order chi connectivity index (χ0) is 21.2. The highest BCUT2D eigenvalue weighted by atomic mass is 16.5. The second-order valence-electron chi connectivity index (χ2n) is 8.60. The molecule has 1 spiro atoms. The Hall–Kier alpha value is -2.44. The molecule has 6 nitrogen and oxygen atoms in total. The Bertz CT molecular complexity index is 963. The van der Waals surface area contributed by atoms with Crippen molar-refractivity contribution in [2.24, 2.45) is 5.41 Å². The lowest BCUT2D eigenvalue weighted by Crippen LogP contribution is -2.60. The van der Waals surface area contributed by atoms with Crippen LogP contribution in [0.5, 0.6) is 0 Å². The molecule has 160 valence electrons. The molecular weight excluding hydrogens is 380 g/mol. The number of carbonyl (C=O) groups is 1. The second kappa shape index (κ2) is 8.36. The van der Waals surface area contributed by atoms with Crippen LogP contribution in [0.25, 0.3) is 11.1 Å². The number of rotatable bonds is 5. The van der Waals surface area contributed by atoms with E-state index in [2.05, 4.69) is 5.32 Å². The van der Waals surface area contributed by atoms with Gasteiger partial charge in [0.1, 0.15) is 0 Å². The number of pyridine rings is 1. The summed E-state index contributed by atoms with van der Waals surface area (Å²) in [6.45, 7) is 3.70. The highest BCUT2D eigenvalue weighted by Crippen LogP contribution is 2.49. The summed E-state index contributed by atoms with van der Waals surface area (Å²) >= 11 is 0. The third-order valence-corrected chi connectivity index (χ3v) is 6.86. The van der Waals surface area contributed by atoms with Crippen LogP contribution >= 0.6 is 0 Å². The van der Waals surface area contributed by atoms with Crippen molar-refractivity contribution < 1.29 is 14.6 Å². The maximum atomic E-state index is 13.0. The summed E-state index contributed by atoms with van der Waals surface area (Å²) in [7, 11) is 0. The van der Waals surface area contributed by atoms with E-state index in [9.17, 15) is 14.7 Å². The van der Waals surface area contributed by atoms with Gasteiger partial charge in [0.05, 0.1) is 24.3 Å². The molecule has 2 heterocycles.